The van der Waals surface area contributed by atoms with E-state index in [0.717, 1.165) is 5.56 Å². The third-order valence-corrected chi connectivity index (χ3v) is 6.08. The third-order valence-electron chi connectivity index (χ3n) is 5.01. The van der Waals surface area contributed by atoms with E-state index < -0.39 is 5.25 Å². The van der Waals surface area contributed by atoms with E-state index in [1.165, 1.54) is 18.0 Å². The van der Waals surface area contributed by atoms with Crippen molar-refractivity contribution >= 4 is 40.6 Å². The molecule has 8 nitrogen and oxygen atoms in total. The van der Waals surface area contributed by atoms with Gasteiger partial charge in [-0.2, -0.15) is 5.10 Å². The molecular weight excluding hydrogens is 464 g/mol. The fraction of sp³-hybridized carbons (Fsp3) is 0.154. The van der Waals surface area contributed by atoms with Gasteiger partial charge >= 0.3 is 0 Å². The molecule has 1 heterocycles. The fourth-order valence-corrected chi connectivity index (χ4v) is 4.24. The Morgan fingerprint density at radius 1 is 1.06 bits per heavy atom. The summed E-state index contributed by atoms with van der Waals surface area (Å²) in [7, 11) is 1.57. The number of ether oxygens (including phenoxy) is 2. The maximum Gasteiger partial charge on any atom is 0.240 e. The minimum atomic E-state index is -0.575. The largest absolute Gasteiger partial charge is 0.493 e. The van der Waals surface area contributed by atoms with Crippen LogP contribution in [0.1, 0.15) is 17.5 Å². The monoisotopic (exact) mass is 488 g/mol. The number of hydrogen-bond acceptors (Lipinski definition) is 7. The SMILES string of the molecule is COc1cccc(/C=N/N=C2\NC(=O)C(CC(=O)Nc3ccccc3)S2)c1OCc1ccccc1. The molecule has 4 rings (SSSR count). The standard InChI is InChI=1S/C26H24N4O4S/c1-33-21-14-8-11-19(24(21)34-17-18-9-4-2-5-10-18)16-27-30-26-29-25(32)22(35-26)15-23(31)28-20-12-6-3-7-13-20/h2-14,16,22H,15,17H2,1H3,(H,28,31)(H,29,30,32)/b27-16+. The van der Waals surface area contributed by atoms with Crippen LogP contribution in [0.3, 0.4) is 0 Å². The number of amides is 2. The molecule has 1 atom stereocenters. The molecule has 9 heteroatoms. The van der Waals surface area contributed by atoms with Crippen LogP contribution >= 0.6 is 11.8 Å². The predicted molar refractivity (Wildman–Crippen MR) is 138 cm³/mol. The van der Waals surface area contributed by atoms with Crippen molar-refractivity contribution in [2.75, 3.05) is 12.4 Å². The van der Waals surface area contributed by atoms with Crippen molar-refractivity contribution in [1.29, 1.82) is 0 Å². The summed E-state index contributed by atoms with van der Waals surface area (Å²) in [4.78, 5) is 24.6. The highest BCUT2D eigenvalue weighted by Gasteiger charge is 2.32. The van der Waals surface area contributed by atoms with E-state index in [-0.39, 0.29) is 18.2 Å². The van der Waals surface area contributed by atoms with Crippen LogP contribution in [0.25, 0.3) is 0 Å². The molecule has 0 bridgehead atoms. The topological polar surface area (TPSA) is 101 Å². The van der Waals surface area contributed by atoms with Gasteiger partial charge in [0, 0.05) is 17.7 Å². The smallest absolute Gasteiger partial charge is 0.240 e. The van der Waals surface area contributed by atoms with Gasteiger partial charge in [-0.25, -0.2) is 0 Å². The first-order chi connectivity index (χ1) is 17.1. The maximum absolute atomic E-state index is 12.3. The highest BCUT2D eigenvalue weighted by Crippen LogP contribution is 2.31. The Hall–Kier alpha value is -4.11. The maximum atomic E-state index is 12.3. The molecule has 3 aromatic rings. The zero-order chi connectivity index (χ0) is 24.5. The van der Waals surface area contributed by atoms with Gasteiger partial charge in [0.1, 0.15) is 11.9 Å². The van der Waals surface area contributed by atoms with Gasteiger partial charge in [-0.1, -0.05) is 66.4 Å². The normalized spacial score (nSPS) is 16.3. The Labute approximate surface area is 207 Å². The summed E-state index contributed by atoms with van der Waals surface area (Å²) < 4.78 is 11.5. The molecule has 0 saturated carbocycles. The third kappa shape index (κ3) is 6.70. The van der Waals surface area contributed by atoms with Gasteiger partial charge in [0.05, 0.1) is 13.3 Å². The van der Waals surface area contributed by atoms with Crippen molar-refractivity contribution in [1.82, 2.24) is 5.32 Å². The fourth-order valence-electron chi connectivity index (χ4n) is 3.31. The number of thioether (sulfide) groups is 1. The van der Waals surface area contributed by atoms with Crippen molar-refractivity contribution in [3.63, 3.8) is 0 Å². The zero-order valence-corrected chi connectivity index (χ0v) is 19.8. The lowest BCUT2D eigenvalue weighted by Gasteiger charge is -2.13. The van der Waals surface area contributed by atoms with Gasteiger partial charge in [-0.15, -0.1) is 5.10 Å². The summed E-state index contributed by atoms with van der Waals surface area (Å²) in [6.07, 6.45) is 1.57. The Balaban J connectivity index is 1.39. The molecule has 0 aliphatic carbocycles. The number of carbonyl (C=O) groups is 2. The summed E-state index contributed by atoms with van der Waals surface area (Å²) in [5, 5.41) is 13.4. The second-order valence-corrected chi connectivity index (χ2v) is 8.71. The van der Waals surface area contributed by atoms with Gasteiger partial charge in [-0.3, -0.25) is 9.59 Å². The van der Waals surface area contributed by atoms with Crippen LogP contribution in [0.15, 0.2) is 89.1 Å². The summed E-state index contributed by atoms with van der Waals surface area (Å²) in [5.74, 6) is 0.595. The molecule has 3 aromatic carbocycles. The van der Waals surface area contributed by atoms with Crippen LogP contribution < -0.4 is 20.1 Å². The Bertz CT molecular complexity index is 1230. The number of benzene rings is 3. The summed E-state index contributed by atoms with van der Waals surface area (Å²) in [6, 6.07) is 24.4. The van der Waals surface area contributed by atoms with Crippen molar-refractivity contribution < 1.29 is 19.1 Å². The number of para-hydroxylation sites is 2. The average Bonchev–Trinajstić information content (AvgIpc) is 3.22. The Morgan fingerprint density at radius 3 is 2.54 bits per heavy atom. The van der Waals surface area contributed by atoms with Crippen molar-refractivity contribution in [2.24, 2.45) is 10.2 Å². The average molecular weight is 489 g/mol. The Kier molecular flexibility index (Phi) is 8.13. The predicted octanol–water partition coefficient (Wildman–Crippen LogP) is 4.22. The molecule has 178 valence electrons. The molecule has 1 unspecified atom stereocenters. The van der Waals surface area contributed by atoms with Gasteiger partial charge in [0.2, 0.25) is 11.8 Å². The zero-order valence-electron chi connectivity index (χ0n) is 19.0. The van der Waals surface area contributed by atoms with E-state index in [1.54, 1.807) is 19.2 Å². The van der Waals surface area contributed by atoms with Crippen LogP contribution in [-0.2, 0) is 16.2 Å². The van der Waals surface area contributed by atoms with Crippen LogP contribution in [0, 0.1) is 0 Å². The lowest BCUT2D eigenvalue weighted by molar-refractivity contribution is -0.122. The molecule has 0 spiro atoms. The number of rotatable bonds is 9. The quantitative estimate of drug-likeness (QED) is 0.347. The first-order valence-corrected chi connectivity index (χ1v) is 11.8. The first kappa shape index (κ1) is 24.0. The number of anilines is 1. The second-order valence-electron chi connectivity index (χ2n) is 7.52. The van der Waals surface area contributed by atoms with E-state index in [9.17, 15) is 9.59 Å². The minimum absolute atomic E-state index is 0.0293. The van der Waals surface area contributed by atoms with E-state index in [4.69, 9.17) is 9.47 Å². The molecule has 2 amide bonds. The van der Waals surface area contributed by atoms with E-state index >= 15 is 0 Å². The lowest BCUT2D eigenvalue weighted by Crippen LogP contribution is -2.28. The van der Waals surface area contributed by atoms with Gasteiger partial charge < -0.3 is 20.1 Å². The van der Waals surface area contributed by atoms with Gasteiger partial charge in [0.15, 0.2) is 16.7 Å². The molecule has 1 aliphatic heterocycles. The van der Waals surface area contributed by atoms with Crippen molar-refractivity contribution in [3.05, 3.63) is 90.0 Å². The number of carbonyl (C=O) groups excluding carboxylic acids is 2. The molecule has 2 N–H and O–H groups in total. The molecule has 0 aromatic heterocycles. The summed E-state index contributed by atoms with van der Waals surface area (Å²) in [6.45, 7) is 0.370. The Morgan fingerprint density at radius 2 is 1.80 bits per heavy atom. The number of nitrogens with zero attached hydrogens (tertiary/aromatic N) is 2. The molecule has 1 aliphatic rings. The molecular formula is C26H24N4O4S. The van der Waals surface area contributed by atoms with E-state index in [2.05, 4.69) is 20.8 Å². The molecule has 0 radical (unpaired) electrons. The van der Waals surface area contributed by atoms with Crippen molar-refractivity contribution in [2.45, 2.75) is 18.3 Å². The highest BCUT2D eigenvalue weighted by atomic mass is 32.2. The number of amidine groups is 1. The van der Waals surface area contributed by atoms with Crippen LogP contribution in [0.5, 0.6) is 11.5 Å². The second kappa shape index (κ2) is 11.8. The van der Waals surface area contributed by atoms with Crippen LogP contribution in [0.2, 0.25) is 0 Å². The van der Waals surface area contributed by atoms with Crippen LogP contribution in [-0.4, -0.2) is 35.6 Å². The van der Waals surface area contributed by atoms with E-state index in [1.807, 2.05) is 66.7 Å². The molecule has 1 fully saturated rings. The number of hydrogen-bond donors (Lipinski definition) is 2. The molecule has 1 saturated heterocycles. The summed E-state index contributed by atoms with van der Waals surface area (Å²) in [5.41, 5.74) is 2.38. The minimum Gasteiger partial charge on any atom is -0.493 e. The van der Waals surface area contributed by atoms with E-state index in [0.29, 0.717) is 34.5 Å². The highest BCUT2D eigenvalue weighted by molar-refractivity contribution is 8.15. The van der Waals surface area contributed by atoms with Crippen LogP contribution in [0.4, 0.5) is 5.69 Å². The van der Waals surface area contributed by atoms with Crippen molar-refractivity contribution in [3.8, 4) is 11.5 Å². The summed E-state index contributed by atoms with van der Waals surface area (Å²) >= 11 is 1.17. The number of nitrogens with one attached hydrogen (secondary N) is 2. The van der Waals surface area contributed by atoms with Gasteiger partial charge in [0.25, 0.3) is 0 Å². The lowest BCUT2D eigenvalue weighted by atomic mass is 10.2. The first-order valence-electron chi connectivity index (χ1n) is 10.9. The molecule has 35 heavy (non-hydrogen) atoms. The van der Waals surface area contributed by atoms with Gasteiger partial charge in [-0.05, 0) is 29.8 Å². The number of methoxy groups -OCH3 is 1.